The van der Waals surface area contributed by atoms with E-state index in [0.717, 1.165) is 31.7 Å². The highest BCUT2D eigenvalue weighted by Gasteiger charge is 2.21. The molecule has 2 heterocycles. The number of aliphatic hydroxyl groups is 1. The van der Waals surface area contributed by atoms with Crippen LogP contribution in [0.1, 0.15) is 22.8 Å². The molecule has 5 nitrogen and oxygen atoms in total. The van der Waals surface area contributed by atoms with Crippen molar-refractivity contribution < 1.29 is 5.11 Å². The molecule has 0 aliphatic carbocycles. The van der Waals surface area contributed by atoms with Gasteiger partial charge in [0.15, 0.2) is 0 Å². The van der Waals surface area contributed by atoms with Crippen LogP contribution in [0, 0.1) is 13.8 Å². The van der Waals surface area contributed by atoms with Gasteiger partial charge in [-0.1, -0.05) is 29.3 Å². The molecule has 1 aliphatic rings. The Bertz CT molecular complexity index is 639. The predicted molar refractivity (Wildman–Crippen MR) is 92.7 cm³/mol. The third-order valence-corrected chi connectivity index (χ3v) is 4.49. The van der Waals surface area contributed by atoms with Crippen molar-refractivity contribution in [2.75, 3.05) is 37.6 Å². The molecule has 23 heavy (non-hydrogen) atoms. The zero-order valence-corrected chi connectivity index (χ0v) is 14.2. The number of piperazine rings is 1. The highest BCUT2D eigenvalue weighted by atomic mass is 16.3. The number of nitrogens with zero attached hydrogens (tertiary/aromatic N) is 4. The molecule has 1 N–H and O–H groups in total. The van der Waals surface area contributed by atoms with Crippen molar-refractivity contribution >= 4 is 5.69 Å². The Morgan fingerprint density at radius 3 is 2.30 bits per heavy atom. The van der Waals surface area contributed by atoms with Crippen LogP contribution in [0.5, 0.6) is 0 Å². The molecule has 1 saturated heterocycles. The number of aryl methyl sites for hydroxylation is 3. The van der Waals surface area contributed by atoms with Crippen molar-refractivity contribution in [1.29, 1.82) is 0 Å². The monoisotopic (exact) mass is 314 g/mol. The maximum absolute atomic E-state index is 10.5. The Hall–Kier alpha value is -1.85. The van der Waals surface area contributed by atoms with E-state index in [1.807, 2.05) is 17.9 Å². The average molecular weight is 314 g/mol. The molecule has 1 aromatic carbocycles. The van der Waals surface area contributed by atoms with E-state index in [1.165, 1.54) is 16.8 Å². The molecule has 124 valence electrons. The Labute approximate surface area is 138 Å². The number of rotatable bonds is 4. The van der Waals surface area contributed by atoms with Gasteiger partial charge >= 0.3 is 0 Å². The van der Waals surface area contributed by atoms with Crippen molar-refractivity contribution in [2.45, 2.75) is 20.0 Å². The normalized spacial score (nSPS) is 17.5. The van der Waals surface area contributed by atoms with E-state index in [2.05, 4.69) is 53.1 Å². The number of benzene rings is 1. The molecule has 1 atom stereocenters. The summed E-state index contributed by atoms with van der Waals surface area (Å²) in [7, 11) is 1.94. The molecule has 3 rings (SSSR count). The van der Waals surface area contributed by atoms with E-state index in [4.69, 9.17) is 0 Å². The minimum absolute atomic E-state index is 0.418. The highest BCUT2D eigenvalue weighted by Crippen LogP contribution is 2.20. The number of hydrogen-bond donors (Lipinski definition) is 1. The van der Waals surface area contributed by atoms with Crippen LogP contribution < -0.4 is 4.90 Å². The summed E-state index contributed by atoms with van der Waals surface area (Å²) in [6.07, 6.45) is 3.55. The van der Waals surface area contributed by atoms with Crippen LogP contribution in [0.25, 0.3) is 0 Å². The first-order chi connectivity index (χ1) is 11.0. The molecule has 0 bridgehead atoms. The molecular weight excluding hydrogens is 288 g/mol. The fourth-order valence-electron chi connectivity index (χ4n) is 3.31. The maximum Gasteiger partial charge on any atom is 0.0917 e. The van der Waals surface area contributed by atoms with Crippen molar-refractivity contribution in [3.63, 3.8) is 0 Å². The van der Waals surface area contributed by atoms with Crippen molar-refractivity contribution in [3.05, 3.63) is 47.3 Å². The summed E-state index contributed by atoms with van der Waals surface area (Å²) in [5.74, 6) is 0. The molecule has 0 amide bonds. The van der Waals surface area contributed by atoms with E-state index in [-0.39, 0.29) is 0 Å². The molecule has 0 radical (unpaired) electrons. The lowest BCUT2D eigenvalue weighted by Crippen LogP contribution is -2.47. The van der Waals surface area contributed by atoms with Crippen LogP contribution in [-0.4, -0.2) is 52.5 Å². The van der Waals surface area contributed by atoms with Gasteiger partial charge in [0, 0.05) is 46.0 Å². The van der Waals surface area contributed by atoms with Gasteiger partial charge in [-0.25, -0.2) is 0 Å². The SMILES string of the molecule is Cc1cc(C)cc(C(O)CN2CCN(c3cnn(C)c3)CC2)c1. The molecular formula is C18H26N4O. The Balaban J connectivity index is 1.56. The van der Waals surface area contributed by atoms with Gasteiger partial charge in [0.2, 0.25) is 0 Å². The van der Waals surface area contributed by atoms with Gasteiger partial charge in [-0.05, 0) is 19.4 Å². The Kier molecular flexibility index (Phi) is 4.68. The van der Waals surface area contributed by atoms with Gasteiger partial charge in [0.05, 0.1) is 18.0 Å². The number of aromatic nitrogens is 2. The first kappa shape index (κ1) is 16.0. The van der Waals surface area contributed by atoms with Crippen LogP contribution >= 0.6 is 0 Å². The van der Waals surface area contributed by atoms with Crippen molar-refractivity contribution in [2.24, 2.45) is 7.05 Å². The lowest BCUT2D eigenvalue weighted by Gasteiger charge is -2.36. The summed E-state index contributed by atoms with van der Waals surface area (Å²) in [6, 6.07) is 6.32. The van der Waals surface area contributed by atoms with E-state index in [1.54, 1.807) is 0 Å². The summed E-state index contributed by atoms with van der Waals surface area (Å²) < 4.78 is 1.84. The second kappa shape index (κ2) is 6.72. The number of anilines is 1. The van der Waals surface area contributed by atoms with Crippen LogP contribution in [0.15, 0.2) is 30.6 Å². The topological polar surface area (TPSA) is 44.5 Å². The van der Waals surface area contributed by atoms with Crippen LogP contribution in [0.4, 0.5) is 5.69 Å². The van der Waals surface area contributed by atoms with E-state index in [9.17, 15) is 5.11 Å². The standard InChI is InChI=1S/C18H26N4O/c1-14-8-15(2)10-16(9-14)18(23)13-21-4-6-22(7-5-21)17-11-19-20(3)12-17/h8-12,18,23H,4-7,13H2,1-3H3. The predicted octanol–water partition coefficient (Wildman–Crippen LogP) is 1.89. The molecule has 1 aromatic heterocycles. The number of hydrogen-bond acceptors (Lipinski definition) is 4. The second-order valence-corrected chi connectivity index (χ2v) is 6.60. The summed E-state index contributed by atoms with van der Waals surface area (Å²) in [6.45, 7) is 8.75. The van der Waals surface area contributed by atoms with E-state index < -0.39 is 6.10 Å². The fourth-order valence-corrected chi connectivity index (χ4v) is 3.31. The molecule has 0 spiro atoms. The summed E-state index contributed by atoms with van der Waals surface area (Å²) in [5.41, 5.74) is 4.63. The Morgan fingerprint density at radius 1 is 1.09 bits per heavy atom. The first-order valence-electron chi connectivity index (χ1n) is 8.23. The second-order valence-electron chi connectivity index (χ2n) is 6.60. The van der Waals surface area contributed by atoms with E-state index in [0.29, 0.717) is 6.54 Å². The molecule has 0 saturated carbocycles. The zero-order chi connectivity index (χ0) is 16.4. The van der Waals surface area contributed by atoms with Crippen molar-refractivity contribution in [3.8, 4) is 0 Å². The third kappa shape index (κ3) is 3.92. The fraction of sp³-hybridized carbons (Fsp3) is 0.500. The number of aliphatic hydroxyl groups excluding tert-OH is 1. The Morgan fingerprint density at radius 2 is 1.74 bits per heavy atom. The lowest BCUT2D eigenvalue weighted by molar-refractivity contribution is 0.109. The maximum atomic E-state index is 10.5. The van der Waals surface area contributed by atoms with Gasteiger partial charge in [0.1, 0.15) is 0 Å². The quantitative estimate of drug-likeness (QED) is 0.936. The van der Waals surface area contributed by atoms with Gasteiger partial charge in [-0.15, -0.1) is 0 Å². The lowest BCUT2D eigenvalue weighted by atomic mass is 10.0. The van der Waals surface area contributed by atoms with Gasteiger partial charge < -0.3 is 10.0 Å². The molecule has 1 unspecified atom stereocenters. The largest absolute Gasteiger partial charge is 0.387 e. The summed E-state index contributed by atoms with van der Waals surface area (Å²) in [4.78, 5) is 4.70. The van der Waals surface area contributed by atoms with Crippen molar-refractivity contribution in [1.82, 2.24) is 14.7 Å². The van der Waals surface area contributed by atoms with Crippen LogP contribution in [0.2, 0.25) is 0 Å². The van der Waals surface area contributed by atoms with Crippen LogP contribution in [-0.2, 0) is 7.05 Å². The zero-order valence-electron chi connectivity index (χ0n) is 14.2. The van der Waals surface area contributed by atoms with Gasteiger partial charge in [-0.3, -0.25) is 9.58 Å². The molecule has 5 heteroatoms. The minimum atomic E-state index is -0.418. The molecule has 1 fully saturated rings. The molecule has 2 aromatic rings. The number of β-amino-alcohol motifs (C(OH)–C–C–N with tert-alkyl or cyclic N) is 1. The highest BCUT2D eigenvalue weighted by molar-refractivity contribution is 5.42. The summed E-state index contributed by atoms with van der Waals surface area (Å²) in [5, 5.41) is 14.8. The first-order valence-corrected chi connectivity index (χ1v) is 8.23. The summed E-state index contributed by atoms with van der Waals surface area (Å²) >= 11 is 0. The third-order valence-electron chi connectivity index (χ3n) is 4.49. The smallest absolute Gasteiger partial charge is 0.0917 e. The minimum Gasteiger partial charge on any atom is -0.387 e. The van der Waals surface area contributed by atoms with Gasteiger partial charge in [-0.2, -0.15) is 5.10 Å². The van der Waals surface area contributed by atoms with Gasteiger partial charge in [0.25, 0.3) is 0 Å². The van der Waals surface area contributed by atoms with Crippen LogP contribution in [0.3, 0.4) is 0 Å². The molecule has 1 aliphatic heterocycles. The van der Waals surface area contributed by atoms with E-state index >= 15 is 0 Å². The average Bonchev–Trinajstić information content (AvgIpc) is 2.93.